The Bertz CT molecular complexity index is 979. The Balaban J connectivity index is 1.75. The van der Waals surface area contributed by atoms with Gasteiger partial charge in [-0.3, -0.25) is 4.79 Å². The van der Waals surface area contributed by atoms with Crippen molar-refractivity contribution in [3.05, 3.63) is 52.2 Å². The highest BCUT2D eigenvalue weighted by atomic mass is 32.1. The largest absolute Gasteiger partial charge is 0.351 e. The highest BCUT2D eigenvalue weighted by Crippen LogP contribution is 2.36. The average Bonchev–Trinajstić information content (AvgIpc) is 2.98. The van der Waals surface area contributed by atoms with Crippen LogP contribution in [0.1, 0.15) is 40.2 Å². The molecule has 0 fully saturated rings. The van der Waals surface area contributed by atoms with E-state index in [4.69, 9.17) is 0 Å². The van der Waals surface area contributed by atoms with Gasteiger partial charge in [-0.05, 0) is 43.9 Å². The molecule has 0 aliphatic carbocycles. The maximum Gasteiger partial charge on any atom is 0.261 e. The van der Waals surface area contributed by atoms with E-state index in [1.165, 1.54) is 22.5 Å². The summed E-state index contributed by atoms with van der Waals surface area (Å²) in [4.78, 5) is 25.5. The summed E-state index contributed by atoms with van der Waals surface area (Å²) >= 11 is 1.45. The molecule has 5 nitrogen and oxygen atoms in total. The minimum Gasteiger partial charge on any atom is -0.351 e. The van der Waals surface area contributed by atoms with Crippen LogP contribution < -0.4 is 10.2 Å². The van der Waals surface area contributed by atoms with E-state index in [0.29, 0.717) is 0 Å². The van der Waals surface area contributed by atoms with Crippen LogP contribution in [0.2, 0.25) is 0 Å². The quantitative estimate of drug-likeness (QED) is 0.768. The van der Waals surface area contributed by atoms with Gasteiger partial charge in [0.2, 0.25) is 0 Å². The maximum atomic E-state index is 12.5. The van der Waals surface area contributed by atoms with Crippen LogP contribution in [0.4, 0.5) is 5.82 Å². The molecular weight excluding hydrogens is 344 g/mol. The number of carbonyl (C=O) groups excluding carboxylic acids is 1. The second kappa shape index (κ2) is 6.68. The van der Waals surface area contributed by atoms with Gasteiger partial charge in [-0.2, -0.15) is 0 Å². The number of nitrogens with zero attached hydrogens (tertiary/aromatic N) is 3. The van der Waals surface area contributed by atoms with Crippen molar-refractivity contribution in [3.8, 4) is 0 Å². The molecule has 0 radical (unpaired) electrons. The number of fused-ring (bicyclic) bond motifs is 2. The minimum absolute atomic E-state index is 0.0320. The summed E-state index contributed by atoms with van der Waals surface area (Å²) in [6, 6.07) is 8.67. The monoisotopic (exact) mass is 366 g/mol. The van der Waals surface area contributed by atoms with Crippen LogP contribution in [0.3, 0.4) is 0 Å². The number of aromatic nitrogens is 2. The molecule has 0 unspecified atom stereocenters. The molecule has 1 aliphatic heterocycles. The van der Waals surface area contributed by atoms with Crippen molar-refractivity contribution in [2.24, 2.45) is 0 Å². The van der Waals surface area contributed by atoms with Gasteiger partial charge < -0.3 is 10.2 Å². The summed E-state index contributed by atoms with van der Waals surface area (Å²) in [7, 11) is 0. The molecule has 0 saturated heterocycles. The van der Waals surface area contributed by atoms with Gasteiger partial charge in [0, 0.05) is 19.1 Å². The molecule has 0 spiro atoms. The molecule has 4 rings (SSSR count). The maximum absolute atomic E-state index is 12.5. The van der Waals surface area contributed by atoms with Crippen molar-refractivity contribution in [2.75, 3.05) is 11.4 Å². The third-order valence-electron chi connectivity index (χ3n) is 4.76. The summed E-state index contributed by atoms with van der Waals surface area (Å²) < 4.78 is 0. The third kappa shape index (κ3) is 2.94. The Labute approximate surface area is 157 Å². The molecule has 26 heavy (non-hydrogen) atoms. The lowest BCUT2D eigenvalue weighted by Crippen LogP contribution is -2.31. The number of carbonyl (C=O) groups is 1. The van der Waals surface area contributed by atoms with Crippen molar-refractivity contribution >= 4 is 33.3 Å². The van der Waals surface area contributed by atoms with Gasteiger partial charge in [-0.1, -0.05) is 24.3 Å². The van der Waals surface area contributed by atoms with Crippen LogP contribution >= 0.6 is 11.3 Å². The fourth-order valence-corrected chi connectivity index (χ4v) is 4.56. The van der Waals surface area contributed by atoms with Crippen LogP contribution in [0, 0.1) is 6.92 Å². The lowest BCUT2D eigenvalue weighted by atomic mass is 9.99. The molecule has 0 bridgehead atoms. The first-order chi connectivity index (χ1) is 12.5. The van der Waals surface area contributed by atoms with Crippen LogP contribution in [0.5, 0.6) is 0 Å². The molecule has 3 heterocycles. The molecule has 1 aliphatic rings. The molecule has 2 aromatic heterocycles. The minimum atomic E-state index is -0.0320. The fourth-order valence-electron chi connectivity index (χ4n) is 3.51. The standard InChI is InChI=1S/C20H22N4OS/c1-12(2)23-19(25)17-13(3)16-18(21-11-22-20(16)26-17)24-9-8-14-6-4-5-7-15(14)10-24/h4-7,11-12H,8-10H2,1-3H3,(H,23,25). The molecule has 1 amide bonds. The number of aryl methyl sites for hydroxylation is 1. The zero-order valence-electron chi connectivity index (χ0n) is 15.2. The van der Waals surface area contributed by atoms with Gasteiger partial charge in [-0.15, -0.1) is 11.3 Å². The predicted molar refractivity (Wildman–Crippen MR) is 106 cm³/mol. The molecule has 134 valence electrons. The van der Waals surface area contributed by atoms with E-state index in [2.05, 4.69) is 44.5 Å². The van der Waals surface area contributed by atoms with Gasteiger partial charge in [-0.25, -0.2) is 9.97 Å². The fraction of sp³-hybridized carbons (Fsp3) is 0.350. The van der Waals surface area contributed by atoms with E-state index in [0.717, 1.165) is 46.0 Å². The van der Waals surface area contributed by atoms with Gasteiger partial charge >= 0.3 is 0 Å². The predicted octanol–water partition coefficient (Wildman–Crippen LogP) is 3.70. The van der Waals surface area contributed by atoms with Crippen molar-refractivity contribution in [1.82, 2.24) is 15.3 Å². The number of amides is 1. The number of rotatable bonds is 3. The zero-order valence-corrected chi connectivity index (χ0v) is 16.1. The summed E-state index contributed by atoms with van der Waals surface area (Å²) in [5.41, 5.74) is 3.72. The summed E-state index contributed by atoms with van der Waals surface area (Å²) in [6.45, 7) is 7.70. The number of hydrogen-bond acceptors (Lipinski definition) is 5. The first-order valence-electron chi connectivity index (χ1n) is 8.91. The topological polar surface area (TPSA) is 58.1 Å². The Morgan fingerprint density at radius 2 is 2.00 bits per heavy atom. The van der Waals surface area contributed by atoms with Crippen LogP contribution in [-0.4, -0.2) is 28.5 Å². The molecule has 0 atom stereocenters. The average molecular weight is 366 g/mol. The van der Waals surface area contributed by atoms with E-state index in [9.17, 15) is 4.79 Å². The zero-order chi connectivity index (χ0) is 18.3. The van der Waals surface area contributed by atoms with E-state index < -0.39 is 0 Å². The van der Waals surface area contributed by atoms with E-state index in [1.54, 1.807) is 6.33 Å². The SMILES string of the molecule is Cc1c(C(=O)NC(C)C)sc2ncnc(N3CCc4ccccc4C3)c12. The van der Waals surface area contributed by atoms with E-state index in [-0.39, 0.29) is 11.9 Å². The van der Waals surface area contributed by atoms with E-state index >= 15 is 0 Å². The van der Waals surface area contributed by atoms with Crippen molar-refractivity contribution in [3.63, 3.8) is 0 Å². The Morgan fingerprint density at radius 1 is 1.23 bits per heavy atom. The highest BCUT2D eigenvalue weighted by Gasteiger charge is 2.24. The first kappa shape index (κ1) is 17.0. The Morgan fingerprint density at radius 3 is 2.77 bits per heavy atom. The van der Waals surface area contributed by atoms with Gasteiger partial charge in [0.05, 0.1) is 10.3 Å². The Hall–Kier alpha value is -2.47. The van der Waals surface area contributed by atoms with Crippen LogP contribution in [0.15, 0.2) is 30.6 Å². The van der Waals surface area contributed by atoms with Gasteiger partial charge in [0.1, 0.15) is 17.0 Å². The number of nitrogens with one attached hydrogen (secondary N) is 1. The third-order valence-corrected chi connectivity index (χ3v) is 5.96. The van der Waals surface area contributed by atoms with Crippen LogP contribution in [0.25, 0.3) is 10.2 Å². The molecule has 1 N–H and O–H groups in total. The van der Waals surface area contributed by atoms with Crippen molar-refractivity contribution in [2.45, 2.75) is 39.8 Å². The van der Waals surface area contributed by atoms with Crippen LogP contribution in [-0.2, 0) is 13.0 Å². The first-order valence-corrected chi connectivity index (χ1v) is 9.73. The number of thiophene rings is 1. The number of benzene rings is 1. The smallest absolute Gasteiger partial charge is 0.261 e. The summed E-state index contributed by atoms with van der Waals surface area (Å²) in [5, 5.41) is 3.99. The second-order valence-electron chi connectivity index (χ2n) is 7.00. The molecule has 6 heteroatoms. The Kier molecular flexibility index (Phi) is 4.36. The van der Waals surface area contributed by atoms with Crippen molar-refractivity contribution in [1.29, 1.82) is 0 Å². The normalized spacial score (nSPS) is 13.9. The molecule has 3 aromatic rings. The lowest BCUT2D eigenvalue weighted by Gasteiger charge is -2.30. The molecule has 1 aromatic carbocycles. The summed E-state index contributed by atoms with van der Waals surface area (Å²) in [5.74, 6) is 0.900. The second-order valence-corrected chi connectivity index (χ2v) is 8.00. The number of hydrogen-bond donors (Lipinski definition) is 1. The summed E-state index contributed by atoms with van der Waals surface area (Å²) in [6.07, 6.45) is 2.61. The lowest BCUT2D eigenvalue weighted by molar-refractivity contribution is 0.0947. The molecule has 0 saturated carbocycles. The number of anilines is 1. The van der Waals surface area contributed by atoms with Gasteiger partial charge in [0.15, 0.2) is 0 Å². The highest BCUT2D eigenvalue weighted by molar-refractivity contribution is 7.20. The van der Waals surface area contributed by atoms with Gasteiger partial charge in [0.25, 0.3) is 5.91 Å². The van der Waals surface area contributed by atoms with E-state index in [1.807, 2.05) is 20.8 Å². The van der Waals surface area contributed by atoms with Crippen molar-refractivity contribution < 1.29 is 4.79 Å². The molecular formula is C20H22N4OS.